The fourth-order valence-electron chi connectivity index (χ4n) is 8.30. The molecule has 8 nitrogen and oxygen atoms in total. The van der Waals surface area contributed by atoms with Gasteiger partial charge in [0.2, 0.25) is 0 Å². The fraction of sp³-hybridized carbons (Fsp3) is 0.840. The average Bonchev–Trinajstić information content (AvgIpc) is 3.07. The Morgan fingerprint density at radius 3 is 2.17 bits per heavy atom. The van der Waals surface area contributed by atoms with E-state index in [0.29, 0.717) is 25.7 Å². The van der Waals surface area contributed by atoms with Gasteiger partial charge in [0, 0.05) is 17.8 Å². The number of Topliss-reactive ketones (excluding diaryl/α,β-unsaturated/α-hetero) is 2. The number of rotatable bonds is 8. The number of carboxylic acid groups (broad SMARTS) is 2. The first-order valence-corrected chi connectivity index (χ1v) is 14.4. The predicted octanol–water partition coefficient (Wildman–Crippen LogP) is 2.83. The molecule has 0 aliphatic heterocycles. The number of ketones is 2. The largest absolute Gasteiger partial charge is 0.481 e. The molecule has 4 N–H and O–H groups in total. The van der Waals surface area contributed by atoms with Crippen molar-refractivity contribution in [3.05, 3.63) is 0 Å². The number of fused-ring (bicyclic) bond motifs is 5. The van der Waals surface area contributed by atoms with Gasteiger partial charge < -0.3 is 20.4 Å². The maximum absolute atomic E-state index is 13.8. The zero-order chi connectivity index (χ0) is 25.8. The normalized spacial score (nSPS) is 42.0. The molecule has 0 amide bonds. The second-order valence-electron chi connectivity index (χ2n) is 11.5. The second-order valence-corrected chi connectivity index (χ2v) is 14.5. The highest BCUT2D eigenvalue weighted by Gasteiger charge is 2.69. The molecule has 0 radical (unpaired) electrons. The van der Waals surface area contributed by atoms with Crippen molar-refractivity contribution in [1.29, 1.82) is 0 Å². The molecule has 0 bridgehead atoms. The molecule has 0 aromatic carbocycles. The van der Waals surface area contributed by atoms with Gasteiger partial charge in [-0.25, -0.2) is 0 Å². The van der Waals surface area contributed by atoms with Crippen LogP contribution in [0, 0.1) is 34.5 Å². The summed E-state index contributed by atoms with van der Waals surface area (Å²) in [4.78, 5) is 48.9. The highest BCUT2D eigenvalue weighted by molar-refractivity contribution is 8.18. The molecule has 196 valence electrons. The van der Waals surface area contributed by atoms with Gasteiger partial charge in [-0.15, -0.1) is 23.5 Å². The van der Waals surface area contributed by atoms with Crippen LogP contribution in [0.4, 0.5) is 0 Å². The third-order valence-corrected chi connectivity index (χ3v) is 13.3. The van der Waals surface area contributed by atoms with Gasteiger partial charge in [-0.2, -0.15) is 0 Å². The predicted molar refractivity (Wildman–Crippen MR) is 132 cm³/mol. The number of thioether (sulfide) groups is 2. The highest BCUT2D eigenvalue weighted by atomic mass is 32.2. The van der Waals surface area contributed by atoms with E-state index in [1.54, 1.807) is 0 Å². The first-order chi connectivity index (χ1) is 16.3. The van der Waals surface area contributed by atoms with Crippen LogP contribution in [0.25, 0.3) is 0 Å². The van der Waals surface area contributed by atoms with E-state index in [4.69, 9.17) is 0 Å². The molecular weight excluding hydrogens is 492 g/mol. The number of carbonyl (C=O) groups excluding carboxylic acids is 2. The number of aliphatic hydroxyl groups is 2. The molecule has 0 heterocycles. The Kier molecular flexibility index (Phi) is 7.18. The van der Waals surface area contributed by atoms with E-state index >= 15 is 0 Å². The van der Waals surface area contributed by atoms with Crippen LogP contribution >= 0.6 is 23.5 Å². The zero-order valence-electron chi connectivity index (χ0n) is 20.3. The minimum Gasteiger partial charge on any atom is -0.481 e. The molecule has 0 unspecified atom stereocenters. The lowest BCUT2D eigenvalue weighted by Gasteiger charge is -2.61. The minimum absolute atomic E-state index is 0.0259. The summed E-state index contributed by atoms with van der Waals surface area (Å²) in [6.07, 6.45) is 4.72. The molecule has 0 aromatic heterocycles. The fourth-order valence-corrected chi connectivity index (χ4v) is 10.9. The van der Waals surface area contributed by atoms with Crippen molar-refractivity contribution in [3.63, 3.8) is 0 Å². The Bertz CT molecular complexity index is 905. The van der Waals surface area contributed by atoms with Crippen molar-refractivity contribution in [2.45, 2.75) is 74.9 Å². The quantitative estimate of drug-likeness (QED) is 0.346. The van der Waals surface area contributed by atoms with Crippen molar-refractivity contribution in [2.75, 3.05) is 18.1 Å². The molecule has 4 aliphatic carbocycles. The summed E-state index contributed by atoms with van der Waals surface area (Å²) in [6, 6.07) is 0. The Labute approximate surface area is 214 Å². The molecule has 10 heteroatoms. The van der Waals surface area contributed by atoms with Gasteiger partial charge in [0.25, 0.3) is 0 Å². The van der Waals surface area contributed by atoms with Gasteiger partial charge in [0.15, 0.2) is 5.78 Å². The summed E-state index contributed by atoms with van der Waals surface area (Å²) < 4.78 is -0.499. The maximum Gasteiger partial charge on any atom is 0.313 e. The van der Waals surface area contributed by atoms with E-state index < -0.39 is 39.4 Å². The van der Waals surface area contributed by atoms with Crippen LogP contribution in [-0.4, -0.2) is 71.7 Å². The third kappa shape index (κ3) is 4.26. The molecule has 4 rings (SSSR count). The van der Waals surface area contributed by atoms with Crippen molar-refractivity contribution >= 4 is 47.0 Å². The van der Waals surface area contributed by atoms with Crippen molar-refractivity contribution in [3.8, 4) is 0 Å². The van der Waals surface area contributed by atoms with E-state index in [0.717, 1.165) is 12.8 Å². The lowest BCUT2D eigenvalue weighted by atomic mass is 9.44. The van der Waals surface area contributed by atoms with E-state index in [2.05, 4.69) is 6.92 Å². The van der Waals surface area contributed by atoms with Gasteiger partial charge in [-0.05, 0) is 68.1 Å². The summed E-state index contributed by atoms with van der Waals surface area (Å²) in [5, 5.41) is 39.4. The second kappa shape index (κ2) is 9.33. The highest BCUT2D eigenvalue weighted by Crippen LogP contribution is 2.69. The topological polar surface area (TPSA) is 149 Å². The summed E-state index contributed by atoms with van der Waals surface area (Å²) in [6.45, 7) is 3.28. The Morgan fingerprint density at radius 2 is 1.60 bits per heavy atom. The molecule has 0 spiro atoms. The lowest BCUT2D eigenvalue weighted by molar-refractivity contribution is -0.177. The van der Waals surface area contributed by atoms with Gasteiger partial charge >= 0.3 is 11.9 Å². The van der Waals surface area contributed by atoms with Crippen molar-refractivity contribution < 1.29 is 39.6 Å². The number of aliphatic carboxylic acids is 2. The van der Waals surface area contributed by atoms with Gasteiger partial charge in [0.1, 0.15) is 18.0 Å². The van der Waals surface area contributed by atoms with Crippen molar-refractivity contribution in [2.24, 2.45) is 34.5 Å². The summed E-state index contributed by atoms with van der Waals surface area (Å²) in [7, 11) is 0. The summed E-state index contributed by atoms with van der Waals surface area (Å²) in [5.41, 5.74) is -2.82. The SMILES string of the molecule is C[C@]12CCC(SCC(=O)O)(SCC(=O)O)C[C@@H]1CC[C@@H]1[C@@H]2C(=O)C[C@@]2(C)[C@H]1CC[C@]2(O)C(=O)CO. The molecule has 4 aliphatic rings. The Morgan fingerprint density at radius 1 is 0.971 bits per heavy atom. The third-order valence-electron chi connectivity index (χ3n) is 10.0. The van der Waals surface area contributed by atoms with Crippen LogP contribution in [0.15, 0.2) is 0 Å². The number of carboxylic acids is 2. The molecule has 0 aromatic rings. The van der Waals surface area contributed by atoms with Crippen LogP contribution in [0.2, 0.25) is 0 Å². The van der Waals surface area contributed by atoms with Crippen LogP contribution in [0.3, 0.4) is 0 Å². The zero-order valence-corrected chi connectivity index (χ0v) is 22.0. The summed E-state index contributed by atoms with van der Waals surface area (Å²) in [5.74, 6) is -2.45. The van der Waals surface area contributed by atoms with Crippen molar-refractivity contribution in [1.82, 2.24) is 0 Å². The van der Waals surface area contributed by atoms with Crippen LogP contribution in [0.1, 0.15) is 65.2 Å². The van der Waals surface area contributed by atoms with Gasteiger partial charge in [-0.1, -0.05) is 13.8 Å². The monoisotopic (exact) mass is 528 g/mol. The number of hydrogen-bond donors (Lipinski definition) is 4. The number of aliphatic hydroxyl groups excluding tert-OH is 1. The van der Waals surface area contributed by atoms with Gasteiger partial charge in [0.05, 0.1) is 15.6 Å². The van der Waals surface area contributed by atoms with Gasteiger partial charge in [-0.3, -0.25) is 19.2 Å². The number of carbonyl (C=O) groups is 4. The minimum atomic E-state index is -1.67. The first kappa shape index (κ1) is 26.9. The van der Waals surface area contributed by atoms with E-state index in [-0.39, 0.29) is 59.2 Å². The van der Waals surface area contributed by atoms with E-state index in [1.165, 1.54) is 23.5 Å². The smallest absolute Gasteiger partial charge is 0.313 e. The molecular formula is C25H36O8S2. The van der Waals surface area contributed by atoms with Crippen LogP contribution in [0.5, 0.6) is 0 Å². The average molecular weight is 529 g/mol. The molecule has 35 heavy (non-hydrogen) atoms. The molecule has 4 fully saturated rings. The summed E-state index contributed by atoms with van der Waals surface area (Å²) >= 11 is 2.64. The maximum atomic E-state index is 13.8. The van der Waals surface area contributed by atoms with E-state index in [1.807, 2.05) is 6.92 Å². The van der Waals surface area contributed by atoms with E-state index in [9.17, 15) is 39.6 Å². The Hall–Kier alpha value is -1.10. The standard InChI is InChI=1S/C25H36O8S2/c1-22-7-8-24(34-12-19(29)30,35-13-20(31)32)9-14(22)3-4-15-16-5-6-25(33,18(28)11-26)23(16,2)10-17(27)21(15)22/h14-16,21,26,33H,3-13H2,1-2H3,(H,29,30)(H,31,32)/t14-,15-,16-,21+,22-,23-,25-/m0/s1. The first-order valence-electron chi connectivity index (χ1n) is 12.4. The molecule has 4 saturated carbocycles. The number of hydrogen-bond acceptors (Lipinski definition) is 8. The van der Waals surface area contributed by atoms with Crippen LogP contribution in [-0.2, 0) is 19.2 Å². The lowest BCUT2D eigenvalue weighted by Crippen LogP contribution is -2.62. The molecule has 7 atom stereocenters. The van der Waals surface area contributed by atoms with Crippen LogP contribution < -0.4 is 0 Å². The molecule has 0 saturated heterocycles. The Balaban J connectivity index is 1.60.